The van der Waals surface area contributed by atoms with Crippen LogP contribution >= 0.6 is 11.3 Å². The number of thiazole rings is 1. The minimum Gasteiger partial charge on any atom is -0.508 e. The van der Waals surface area contributed by atoms with Gasteiger partial charge in [-0.15, -0.1) is 11.3 Å². The third kappa shape index (κ3) is 2.29. The van der Waals surface area contributed by atoms with Crippen LogP contribution in [0.15, 0.2) is 42.5 Å². The molecule has 19 heavy (non-hydrogen) atoms. The Morgan fingerprint density at radius 2 is 1.68 bits per heavy atom. The SMILES string of the molecule is Oc1ccc(-c2ccc3nc(C(F)F)sc3c2)cc1. The van der Waals surface area contributed by atoms with Crippen LogP contribution in [0.3, 0.4) is 0 Å². The molecule has 2 aromatic carbocycles. The van der Waals surface area contributed by atoms with Crippen LogP contribution in [0.2, 0.25) is 0 Å². The van der Waals surface area contributed by atoms with Gasteiger partial charge >= 0.3 is 0 Å². The van der Waals surface area contributed by atoms with E-state index in [1.165, 1.54) is 0 Å². The first kappa shape index (κ1) is 12.0. The molecule has 0 saturated carbocycles. The molecule has 2 nitrogen and oxygen atoms in total. The third-order valence-electron chi connectivity index (χ3n) is 2.79. The molecule has 5 heteroatoms. The van der Waals surface area contributed by atoms with E-state index in [-0.39, 0.29) is 10.8 Å². The van der Waals surface area contributed by atoms with Gasteiger partial charge in [0.2, 0.25) is 0 Å². The minimum absolute atomic E-state index is 0.155. The molecular formula is C14H9F2NOS. The summed E-state index contributed by atoms with van der Waals surface area (Å²) in [4.78, 5) is 3.89. The Balaban J connectivity index is 2.08. The van der Waals surface area contributed by atoms with Crippen LogP contribution in [-0.4, -0.2) is 10.1 Å². The molecule has 0 bridgehead atoms. The molecule has 0 fully saturated rings. The summed E-state index contributed by atoms with van der Waals surface area (Å²) in [7, 11) is 0. The van der Waals surface area contributed by atoms with E-state index in [4.69, 9.17) is 0 Å². The van der Waals surface area contributed by atoms with Crippen LogP contribution in [-0.2, 0) is 0 Å². The normalized spacial score (nSPS) is 11.3. The second-order valence-corrected chi connectivity index (χ2v) is 5.14. The van der Waals surface area contributed by atoms with Gasteiger partial charge in [-0.25, -0.2) is 13.8 Å². The van der Waals surface area contributed by atoms with Crippen molar-refractivity contribution in [3.05, 3.63) is 47.5 Å². The third-order valence-corrected chi connectivity index (χ3v) is 3.82. The maximum Gasteiger partial charge on any atom is 0.289 e. The van der Waals surface area contributed by atoms with Crippen molar-refractivity contribution in [2.75, 3.05) is 0 Å². The van der Waals surface area contributed by atoms with Crippen molar-refractivity contribution < 1.29 is 13.9 Å². The number of phenolic OH excluding ortho intramolecular Hbond substituents is 1. The maximum atomic E-state index is 12.6. The summed E-state index contributed by atoms with van der Waals surface area (Å²) in [6.45, 7) is 0. The Kier molecular flexibility index (Phi) is 2.91. The zero-order valence-corrected chi connectivity index (χ0v) is 10.5. The van der Waals surface area contributed by atoms with Crippen LogP contribution < -0.4 is 0 Å². The lowest BCUT2D eigenvalue weighted by Gasteiger charge is -2.01. The van der Waals surface area contributed by atoms with Gasteiger partial charge in [-0.2, -0.15) is 0 Å². The monoisotopic (exact) mass is 277 g/mol. The average Bonchev–Trinajstić information content (AvgIpc) is 2.82. The highest BCUT2D eigenvalue weighted by molar-refractivity contribution is 7.18. The Labute approximate surface area is 112 Å². The van der Waals surface area contributed by atoms with E-state index in [9.17, 15) is 13.9 Å². The number of aromatic nitrogens is 1. The quantitative estimate of drug-likeness (QED) is 0.742. The Morgan fingerprint density at radius 3 is 2.37 bits per heavy atom. The highest BCUT2D eigenvalue weighted by atomic mass is 32.1. The summed E-state index contributed by atoms with van der Waals surface area (Å²) >= 11 is 1.01. The second kappa shape index (κ2) is 4.59. The minimum atomic E-state index is -2.53. The standard InChI is InChI=1S/C14H9F2NOS/c15-13(16)14-17-11-6-3-9(7-12(11)19-14)8-1-4-10(18)5-2-8/h1-7,13,18H. The van der Waals surface area contributed by atoms with Gasteiger partial charge in [0, 0.05) is 0 Å². The molecule has 0 aliphatic carbocycles. The van der Waals surface area contributed by atoms with Crippen LogP contribution in [0.4, 0.5) is 8.78 Å². The molecule has 0 aliphatic heterocycles. The fourth-order valence-corrected chi connectivity index (χ4v) is 2.73. The van der Waals surface area contributed by atoms with Gasteiger partial charge in [-0.3, -0.25) is 0 Å². The molecule has 1 N–H and O–H groups in total. The molecule has 3 rings (SSSR count). The second-order valence-electron chi connectivity index (χ2n) is 4.08. The summed E-state index contributed by atoms with van der Waals surface area (Å²) < 4.78 is 25.9. The van der Waals surface area contributed by atoms with Crippen molar-refractivity contribution in [3.8, 4) is 16.9 Å². The van der Waals surface area contributed by atoms with Gasteiger partial charge in [0.15, 0.2) is 5.01 Å². The van der Waals surface area contributed by atoms with Crippen LogP contribution in [0.25, 0.3) is 21.3 Å². The molecule has 96 valence electrons. The number of phenols is 1. The molecule has 0 aliphatic rings. The fourth-order valence-electron chi connectivity index (χ4n) is 1.87. The lowest BCUT2D eigenvalue weighted by Crippen LogP contribution is -1.79. The molecule has 1 heterocycles. The first-order valence-electron chi connectivity index (χ1n) is 5.61. The summed E-state index contributed by atoms with van der Waals surface area (Å²) in [5.41, 5.74) is 2.42. The van der Waals surface area contributed by atoms with Crippen molar-refractivity contribution in [2.24, 2.45) is 0 Å². The van der Waals surface area contributed by atoms with E-state index in [1.54, 1.807) is 30.3 Å². The lowest BCUT2D eigenvalue weighted by atomic mass is 10.1. The zero-order chi connectivity index (χ0) is 13.4. The van der Waals surface area contributed by atoms with E-state index in [0.29, 0.717) is 5.52 Å². The number of alkyl halides is 2. The molecule has 1 aromatic heterocycles. The molecule has 0 spiro atoms. The fraction of sp³-hybridized carbons (Fsp3) is 0.0714. The topological polar surface area (TPSA) is 33.1 Å². The Bertz CT molecular complexity index is 722. The number of hydrogen-bond acceptors (Lipinski definition) is 3. The van der Waals surface area contributed by atoms with E-state index < -0.39 is 6.43 Å². The maximum absolute atomic E-state index is 12.6. The van der Waals surface area contributed by atoms with Gasteiger partial charge < -0.3 is 5.11 Å². The number of halogens is 2. The summed E-state index contributed by atoms with van der Waals surface area (Å²) in [5, 5.41) is 9.09. The average molecular weight is 277 g/mol. The van der Waals surface area contributed by atoms with Crippen molar-refractivity contribution in [1.82, 2.24) is 4.98 Å². The van der Waals surface area contributed by atoms with Crippen LogP contribution in [0.1, 0.15) is 11.4 Å². The molecule has 0 unspecified atom stereocenters. The molecule has 0 saturated heterocycles. The summed E-state index contributed by atoms with van der Waals surface area (Å²) in [6, 6.07) is 12.2. The van der Waals surface area contributed by atoms with Crippen LogP contribution in [0, 0.1) is 0 Å². The van der Waals surface area contributed by atoms with Gasteiger partial charge in [0.05, 0.1) is 10.2 Å². The number of nitrogens with zero attached hydrogens (tertiary/aromatic N) is 1. The largest absolute Gasteiger partial charge is 0.508 e. The van der Waals surface area contributed by atoms with Crippen LogP contribution in [0.5, 0.6) is 5.75 Å². The van der Waals surface area contributed by atoms with E-state index in [2.05, 4.69) is 4.98 Å². The molecular weight excluding hydrogens is 268 g/mol. The number of hydrogen-bond donors (Lipinski definition) is 1. The highest BCUT2D eigenvalue weighted by Crippen LogP contribution is 2.32. The predicted octanol–water partition coefficient (Wildman–Crippen LogP) is 4.61. The number of benzene rings is 2. The van der Waals surface area contributed by atoms with Crippen molar-refractivity contribution >= 4 is 21.6 Å². The van der Waals surface area contributed by atoms with E-state index >= 15 is 0 Å². The van der Waals surface area contributed by atoms with Gasteiger partial charge in [-0.05, 0) is 35.4 Å². The first-order chi connectivity index (χ1) is 9.13. The van der Waals surface area contributed by atoms with Crippen molar-refractivity contribution in [1.29, 1.82) is 0 Å². The van der Waals surface area contributed by atoms with E-state index in [0.717, 1.165) is 27.2 Å². The van der Waals surface area contributed by atoms with Crippen molar-refractivity contribution in [3.63, 3.8) is 0 Å². The van der Waals surface area contributed by atoms with Crippen molar-refractivity contribution in [2.45, 2.75) is 6.43 Å². The molecule has 0 radical (unpaired) electrons. The number of fused-ring (bicyclic) bond motifs is 1. The van der Waals surface area contributed by atoms with E-state index in [1.807, 2.05) is 12.1 Å². The zero-order valence-electron chi connectivity index (χ0n) is 9.68. The Hall–Kier alpha value is -2.01. The molecule has 0 atom stereocenters. The lowest BCUT2D eigenvalue weighted by molar-refractivity contribution is 0.151. The smallest absolute Gasteiger partial charge is 0.289 e. The Morgan fingerprint density at radius 1 is 1.00 bits per heavy atom. The predicted molar refractivity (Wildman–Crippen MR) is 71.7 cm³/mol. The van der Waals surface area contributed by atoms with Gasteiger partial charge in [0.1, 0.15) is 5.75 Å². The number of rotatable bonds is 2. The molecule has 3 aromatic rings. The van der Waals surface area contributed by atoms with Gasteiger partial charge in [0.25, 0.3) is 6.43 Å². The summed E-state index contributed by atoms with van der Waals surface area (Å²) in [5.74, 6) is 0.197. The first-order valence-corrected chi connectivity index (χ1v) is 6.43. The van der Waals surface area contributed by atoms with Gasteiger partial charge in [-0.1, -0.05) is 18.2 Å². The highest BCUT2D eigenvalue weighted by Gasteiger charge is 2.13. The molecule has 0 amide bonds. The summed E-state index contributed by atoms with van der Waals surface area (Å²) in [6.07, 6.45) is -2.53. The number of aromatic hydroxyl groups is 1.